The summed E-state index contributed by atoms with van der Waals surface area (Å²) in [4.78, 5) is 30.4. The average Bonchev–Trinajstić information content (AvgIpc) is 3.51. The summed E-state index contributed by atoms with van der Waals surface area (Å²) in [7, 11) is 1.97. The minimum Gasteiger partial charge on any atom is -0.365 e. The van der Waals surface area contributed by atoms with E-state index in [1.165, 1.54) is 31.2 Å². The molecule has 0 bridgehead atoms. The second-order valence-electron chi connectivity index (χ2n) is 15.9. The molecule has 2 aliphatic heterocycles. The summed E-state index contributed by atoms with van der Waals surface area (Å²) >= 11 is 0. The normalized spacial score (nSPS) is 42.4. The molecule has 1 aromatic rings. The van der Waals surface area contributed by atoms with E-state index in [0.29, 0.717) is 47.5 Å². The van der Waals surface area contributed by atoms with Crippen molar-refractivity contribution in [3.63, 3.8) is 0 Å². The molecule has 5 fully saturated rings. The van der Waals surface area contributed by atoms with Crippen molar-refractivity contribution >= 4 is 11.7 Å². The van der Waals surface area contributed by atoms with Crippen molar-refractivity contribution in [3.8, 4) is 0 Å². The monoisotopic (exact) mass is 586 g/mol. The molecule has 0 N–H and O–H groups in total. The van der Waals surface area contributed by atoms with Crippen LogP contribution in [0.4, 0.5) is 0 Å². The number of hydrogen-bond donors (Lipinski definition) is 0. The Morgan fingerprint density at radius 2 is 1.88 bits per heavy atom. The molecule has 2 heterocycles. The van der Waals surface area contributed by atoms with Gasteiger partial charge in [0.25, 0.3) is 0 Å². The highest BCUT2D eigenvalue weighted by molar-refractivity contribution is 5.79. The van der Waals surface area contributed by atoms with Gasteiger partial charge in [-0.25, -0.2) is 0 Å². The van der Waals surface area contributed by atoms with Crippen LogP contribution in [-0.2, 0) is 20.7 Å². The molecule has 1 spiro atoms. The fraction of sp³-hybridized carbons (Fsp3) is 0.737. The van der Waals surface area contributed by atoms with Gasteiger partial charge in [-0.1, -0.05) is 56.7 Å². The Morgan fingerprint density at radius 3 is 2.67 bits per heavy atom. The molecule has 10 atom stereocenters. The maximum atomic E-state index is 13.5. The predicted molar refractivity (Wildman–Crippen MR) is 170 cm³/mol. The molecule has 3 saturated carbocycles. The van der Waals surface area contributed by atoms with Crippen LogP contribution in [0.15, 0.2) is 41.5 Å². The van der Waals surface area contributed by atoms with Crippen molar-refractivity contribution in [3.05, 3.63) is 47.0 Å². The number of Topliss-reactive ketones (excluding diaryl/α,β-unsaturated/α-hetero) is 1. The number of piperidine rings is 1. The van der Waals surface area contributed by atoms with Gasteiger partial charge in [0.05, 0.1) is 18.2 Å². The third-order valence-corrected chi connectivity index (χ3v) is 13.8. The molecule has 234 valence electrons. The van der Waals surface area contributed by atoms with E-state index >= 15 is 0 Å². The standard InChI is InChI=1S/C38H54N2O3/c1-24-19-34-36(40(22-24)23-35(42)39(5)18-15-27-9-7-6-8-10-27)26(3)38(43-34)17-14-30-31-12-11-28-20-29(41)13-16-37(28,4)33(31)21-32(30)25(38)2/h6-10,24,26,28,30-31,33-34,36H,11-23H2,1-5H3/t24-,26+,28+,30-,31-,33-,34+,36-,37-,38-/m0/s1. The van der Waals surface area contributed by atoms with Gasteiger partial charge < -0.3 is 9.64 Å². The number of ether oxygens (including phenoxy) is 1. The summed E-state index contributed by atoms with van der Waals surface area (Å²) in [5, 5.41) is 0. The number of likely N-dealkylation sites (N-methyl/N-ethyl adjacent to an activating group) is 1. The quantitative estimate of drug-likeness (QED) is 0.360. The van der Waals surface area contributed by atoms with Crippen molar-refractivity contribution in [2.75, 3.05) is 26.7 Å². The van der Waals surface area contributed by atoms with Gasteiger partial charge in [-0.05, 0) is 104 Å². The number of fused-ring (bicyclic) bond motifs is 6. The third kappa shape index (κ3) is 4.87. The molecule has 1 aromatic carbocycles. The first kappa shape index (κ1) is 29.7. The molecule has 1 amide bonds. The first-order valence-electron chi connectivity index (χ1n) is 17.5. The summed E-state index contributed by atoms with van der Waals surface area (Å²) in [6.45, 7) is 12.0. The summed E-state index contributed by atoms with van der Waals surface area (Å²) in [6.07, 6.45) is 11.0. The third-order valence-electron chi connectivity index (χ3n) is 13.8. The molecule has 5 nitrogen and oxygen atoms in total. The molecule has 43 heavy (non-hydrogen) atoms. The summed E-state index contributed by atoms with van der Waals surface area (Å²) in [5.74, 6) is 4.44. The molecule has 0 unspecified atom stereocenters. The van der Waals surface area contributed by atoms with Gasteiger partial charge in [0, 0.05) is 44.9 Å². The van der Waals surface area contributed by atoms with Crippen molar-refractivity contribution < 1.29 is 14.3 Å². The van der Waals surface area contributed by atoms with Crippen molar-refractivity contribution in [2.45, 2.75) is 110 Å². The maximum absolute atomic E-state index is 13.5. The van der Waals surface area contributed by atoms with Gasteiger partial charge in [-0.2, -0.15) is 0 Å². The average molecular weight is 587 g/mol. The van der Waals surface area contributed by atoms with E-state index in [-0.39, 0.29) is 17.6 Å². The van der Waals surface area contributed by atoms with Crippen molar-refractivity contribution in [2.24, 2.45) is 40.9 Å². The number of carbonyl (C=O) groups excluding carboxylic acids is 2. The van der Waals surface area contributed by atoms with E-state index in [1.54, 1.807) is 11.1 Å². The second-order valence-corrected chi connectivity index (χ2v) is 15.9. The minimum atomic E-state index is -0.192. The van der Waals surface area contributed by atoms with E-state index < -0.39 is 0 Å². The minimum absolute atomic E-state index is 0.192. The van der Waals surface area contributed by atoms with Crippen LogP contribution in [0.2, 0.25) is 0 Å². The Kier molecular flexibility index (Phi) is 7.69. The lowest BCUT2D eigenvalue weighted by Gasteiger charge is -2.52. The number of amides is 1. The summed E-state index contributed by atoms with van der Waals surface area (Å²) in [6, 6.07) is 10.8. The zero-order valence-electron chi connectivity index (χ0n) is 27.3. The van der Waals surface area contributed by atoms with Gasteiger partial charge in [0.15, 0.2) is 0 Å². The number of hydrogen-bond acceptors (Lipinski definition) is 4. The zero-order chi connectivity index (χ0) is 30.1. The number of likely N-dealkylation sites (tertiary alicyclic amines) is 1. The SMILES string of the molecule is CC1=C2C[C@H]3[C@@H](CC[C@@H]4CC(=O)CC[C@@]43C)[C@@H]2CC[C@]12O[C@@H]1C[C@H](C)CN(CC(=O)N(C)CCc3ccccc3)[C@H]1[C@H]2C. The number of rotatable bonds is 5. The lowest BCUT2D eigenvalue weighted by Crippen LogP contribution is -2.55. The lowest BCUT2D eigenvalue weighted by molar-refractivity contribution is -0.133. The van der Waals surface area contributed by atoms with Crippen molar-refractivity contribution in [1.29, 1.82) is 0 Å². The van der Waals surface area contributed by atoms with Crippen LogP contribution in [0.5, 0.6) is 0 Å². The van der Waals surface area contributed by atoms with E-state index in [9.17, 15) is 9.59 Å². The fourth-order valence-corrected chi connectivity index (χ4v) is 11.4. The highest BCUT2D eigenvalue weighted by atomic mass is 16.5. The van der Waals surface area contributed by atoms with Crippen LogP contribution in [0.25, 0.3) is 0 Å². The van der Waals surface area contributed by atoms with Crippen LogP contribution in [0.3, 0.4) is 0 Å². The van der Waals surface area contributed by atoms with E-state index in [2.05, 4.69) is 56.9 Å². The summed E-state index contributed by atoms with van der Waals surface area (Å²) in [5.41, 5.74) is 4.68. The Balaban J connectivity index is 1.09. The second kappa shape index (κ2) is 11.1. The van der Waals surface area contributed by atoms with Gasteiger partial charge in [-0.15, -0.1) is 0 Å². The molecule has 6 aliphatic rings. The number of nitrogens with zero attached hydrogens (tertiary/aromatic N) is 2. The molecule has 0 radical (unpaired) electrons. The fourth-order valence-electron chi connectivity index (χ4n) is 11.4. The molecule has 0 aromatic heterocycles. The largest absolute Gasteiger partial charge is 0.365 e. The summed E-state index contributed by atoms with van der Waals surface area (Å²) < 4.78 is 7.30. The lowest BCUT2D eigenvalue weighted by atomic mass is 9.52. The van der Waals surface area contributed by atoms with Crippen LogP contribution >= 0.6 is 0 Å². The van der Waals surface area contributed by atoms with Crippen LogP contribution in [0, 0.1) is 40.9 Å². The smallest absolute Gasteiger partial charge is 0.236 e. The predicted octanol–water partition coefficient (Wildman–Crippen LogP) is 6.70. The number of ketones is 1. The topological polar surface area (TPSA) is 49.9 Å². The zero-order valence-corrected chi connectivity index (χ0v) is 27.3. The molecular formula is C38H54N2O3. The Labute approximate surface area is 259 Å². The Bertz CT molecular complexity index is 1270. The molecule has 7 rings (SSSR count). The Morgan fingerprint density at radius 1 is 1.09 bits per heavy atom. The van der Waals surface area contributed by atoms with Crippen LogP contribution in [0.1, 0.15) is 91.0 Å². The van der Waals surface area contributed by atoms with Gasteiger partial charge in [-0.3, -0.25) is 14.5 Å². The highest BCUT2D eigenvalue weighted by Gasteiger charge is 2.62. The molecule has 2 saturated heterocycles. The first-order chi connectivity index (χ1) is 20.6. The van der Waals surface area contributed by atoms with Crippen LogP contribution in [-0.4, -0.2) is 65.9 Å². The Hall–Kier alpha value is -1.98. The first-order valence-corrected chi connectivity index (χ1v) is 17.5. The number of benzene rings is 1. The van der Waals surface area contributed by atoms with Gasteiger partial charge in [0.2, 0.25) is 5.91 Å². The molecular weight excluding hydrogens is 532 g/mol. The van der Waals surface area contributed by atoms with E-state index in [4.69, 9.17) is 4.74 Å². The highest BCUT2D eigenvalue weighted by Crippen LogP contribution is 2.66. The van der Waals surface area contributed by atoms with Gasteiger partial charge >= 0.3 is 0 Å². The number of allylic oxidation sites excluding steroid dienone is 1. The number of carbonyl (C=O) groups is 2. The van der Waals surface area contributed by atoms with Gasteiger partial charge in [0.1, 0.15) is 5.78 Å². The maximum Gasteiger partial charge on any atom is 0.236 e. The van der Waals surface area contributed by atoms with E-state index in [1.807, 2.05) is 18.0 Å². The van der Waals surface area contributed by atoms with Crippen molar-refractivity contribution in [1.82, 2.24) is 9.80 Å². The van der Waals surface area contributed by atoms with Crippen LogP contribution < -0.4 is 0 Å². The molecule has 4 aliphatic carbocycles. The van der Waals surface area contributed by atoms with E-state index in [0.717, 1.165) is 63.5 Å². The molecule has 5 heteroatoms.